The molecular weight excluding hydrogens is 313 g/mol. The molecule has 0 aliphatic heterocycles. The Bertz CT molecular complexity index is 536. The van der Waals surface area contributed by atoms with Crippen LogP contribution in [0.2, 0.25) is 0 Å². The highest BCUT2D eigenvalue weighted by molar-refractivity contribution is 9.10. The van der Waals surface area contributed by atoms with E-state index in [9.17, 15) is 4.39 Å². The summed E-state index contributed by atoms with van der Waals surface area (Å²) in [4.78, 5) is 10.2. The Hall–Kier alpha value is -1.69. The Kier molecular flexibility index (Phi) is 4.68. The highest BCUT2D eigenvalue weighted by atomic mass is 79.9. The maximum atomic E-state index is 13.3. The van der Waals surface area contributed by atoms with Crippen LogP contribution in [0.5, 0.6) is 5.75 Å². The van der Waals surface area contributed by atoms with Crippen LogP contribution >= 0.6 is 15.9 Å². The van der Waals surface area contributed by atoms with Gasteiger partial charge in [-0.05, 0) is 28.1 Å². The summed E-state index contributed by atoms with van der Waals surface area (Å²) in [6.07, 6.45) is 3.35. The van der Waals surface area contributed by atoms with Crippen LogP contribution < -0.4 is 9.64 Å². The van der Waals surface area contributed by atoms with E-state index < -0.39 is 0 Å². The van der Waals surface area contributed by atoms with Crippen molar-refractivity contribution in [1.29, 1.82) is 0 Å². The zero-order valence-electron chi connectivity index (χ0n) is 10.4. The first kappa shape index (κ1) is 13.7. The second-order valence-electron chi connectivity index (χ2n) is 3.90. The summed E-state index contributed by atoms with van der Waals surface area (Å²) in [5.41, 5.74) is 0. The van der Waals surface area contributed by atoms with Crippen molar-refractivity contribution in [1.82, 2.24) is 9.97 Å². The Morgan fingerprint density at radius 2 is 1.95 bits per heavy atom. The third kappa shape index (κ3) is 3.89. The Balaban J connectivity index is 1.86. The maximum absolute atomic E-state index is 13.3. The van der Waals surface area contributed by atoms with Crippen LogP contribution in [0, 0.1) is 5.82 Å². The summed E-state index contributed by atoms with van der Waals surface area (Å²) in [6.45, 7) is 0.923. The molecule has 4 nitrogen and oxygen atoms in total. The number of rotatable bonds is 5. The molecule has 0 unspecified atom stereocenters. The van der Waals surface area contributed by atoms with Gasteiger partial charge in [-0.2, -0.15) is 0 Å². The smallest absolute Gasteiger partial charge is 0.225 e. The zero-order valence-corrected chi connectivity index (χ0v) is 12.0. The Morgan fingerprint density at radius 1 is 1.26 bits per heavy atom. The van der Waals surface area contributed by atoms with Crippen molar-refractivity contribution in [3.05, 3.63) is 46.9 Å². The van der Waals surface area contributed by atoms with Crippen LogP contribution in [0.3, 0.4) is 0 Å². The van der Waals surface area contributed by atoms with Crippen molar-refractivity contribution in [2.45, 2.75) is 0 Å². The van der Waals surface area contributed by atoms with Crippen LogP contribution in [0.4, 0.5) is 10.3 Å². The molecule has 1 aromatic heterocycles. The maximum Gasteiger partial charge on any atom is 0.225 e. The highest BCUT2D eigenvalue weighted by Gasteiger charge is 2.05. The highest BCUT2D eigenvalue weighted by Crippen LogP contribution is 2.15. The molecule has 2 rings (SSSR count). The van der Waals surface area contributed by atoms with Crippen molar-refractivity contribution >= 4 is 21.9 Å². The molecule has 0 saturated heterocycles. The van der Waals surface area contributed by atoms with Crippen LogP contribution in [0.15, 0.2) is 41.1 Å². The fourth-order valence-electron chi connectivity index (χ4n) is 1.46. The van der Waals surface area contributed by atoms with Gasteiger partial charge in [0.15, 0.2) is 11.6 Å². The molecule has 19 heavy (non-hydrogen) atoms. The average molecular weight is 326 g/mol. The quantitative estimate of drug-likeness (QED) is 0.847. The number of anilines is 1. The van der Waals surface area contributed by atoms with Gasteiger partial charge in [0.05, 0.1) is 11.0 Å². The molecule has 0 bridgehead atoms. The lowest BCUT2D eigenvalue weighted by atomic mass is 10.3. The number of aromatic nitrogens is 2. The fourth-order valence-corrected chi connectivity index (χ4v) is 1.66. The lowest BCUT2D eigenvalue weighted by Crippen LogP contribution is -2.25. The molecule has 0 spiro atoms. The van der Waals surface area contributed by atoms with Crippen molar-refractivity contribution < 1.29 is 9.13 Å². The molecule has 1 aromatic carbocycles. The third-order valence-corrected chi connectivity index (χ3v) is 2.88. The number of likely N-dealkylation sites (N-methyl/N-ethyl adjacent to an activating group) is 1. The van der Waals surface area contributed by atoms with E-state index in [4.69, 9.17) is 4.74 Å². The number of halogens is 2. The van der Waals surface area contributed by atoms with Crippen molar-refractivity contribution in [3.8, 4) is 5.75 Å². The monoisotopic (exact) mass is 325 g/mol. The number of hydrogen-bond acceptors (Lipinski definition) is 4. The van der Waals surface area contributed by atoms with E-state index in [0.29, 0.717) is 19.1 Å². The first-order chi connectivity index (χ1) is 9.16. The summed E-state index contributed by atoms with van der Waals surface area (Å²) < 4.78 is 19.5. The third-order valence-electron chi connectivity index (χ3n) is 2.47. The Labute approximate surface area is 119 Å². The number of hydrogen-bond donors (Lipinski definition) is 0. The minimum absolute atomic E-state index is 0.257. The lowest BCUT2D eigenvalue weighted by Gasteiger charge is -2.17. The molecule has 0 amide bonds. The van der Waals surface area contributed by atoms with Gasteiger partial charge >= 0.3 is 0 Å². The molecule has 6 heteroatoms. The second kappa shape index (κ2) is 6.47. The van der Waals surface area contributed by atoms with E-state index >= 15 is 0 Å². The van der Waals surface area contributed by atoms with Crippen LogP contribution in [0.25, 0.3) is 0 Å². The van der Waals surface area contributed by atoms with E-state index in [-0.39, 0.29) is 11.6 Å². The predicted molar refractivity (Wildman–Crippen MR) is 74.9 cm³/mol. The molecule has 1 heterocycles. The number of nitrogens with zero attached hydrogens (tertiary/aromatic N) is 3. The van der Waals surface area contributed by atoms with Gasteiger partial charge < -0.3 is 9.64 Å². The number of para-hydroxylation sites is 1. The molecule has 0 fully saturated rings. The molecule has 0 saturated carbocycles. The molecule has 0 radical (unpaired) electrons. The van der Waals surface area contributed by atoms with E-state index in [0.717, 1.165) is 4.47 Å². The minimum Gasteiger partial charge on any atom is -0.489 e. The lowest BCUT2D eigenvalue weighted by molar-refractivity contribution is 0.308. The van der Waals surface area contributed by atoms with Gasteiger partial charge in [0.2, 0.25) is 5.95 Å². The van der Waals surface area contributed by atoms with Gasteiger partial charge in [0.1, 0.15) is 6.61 Å². The molecular formula is C13H13BrFN3O. The van der Waals surface area contributed by atoms with Crippen LogP contribution in [-0.2, 0) is 0 Å². The first-order valence-electron chi connectivity index (χ1n) is 5.73. The van der Waals surface area contributed by atoms with Gasteiger partial charge in [0.25, 0.3) is 0 Å². The summed E-state index contributed by atoms with van der Waals surface area (Å²) in [5.74, 6) is 0.498. The standard InChI is InChI=1S/C13H13BrFN3O/c1-18(13-16-8-10(14)9-17-13)6-7-19-12-5-3-2-4-11(12)15/h2-5,8-9H,6-7H2,1H3. The Morgan fingerprint density at radius 3 is 2.63 bits per heavy atom. The number of ether oxygens (including phenoxy) is 1. The van der Waals surface area contributed by atoms with Gasteiger partial charge in [-0.15, -0.1) is 0 Å². The summed E-state index contributed by atoms with van der Waals surface area (Å²) in [7, 11) is 1.86. The van der Waals surface area contributed by atoms with E-state index in [2.05, 4.69) is 25.9 Å². The summed E-state index contributed by atoms with van der Waals surface area (Å²) in [6, 6.07) is 6.34. The molecule has 0 aliphatic rings. The molecule has 2 aromatic rings. The largest absolute Gasteiger partial charge is 0.489 e. The minimum atomic E-state index is -0.356. The van der Waals surface area contributed by atoms with E-state index in [1.54, 1.807) is 30.6 Å². The van der Waals surface area contributed by atoms with E-state index in [1.807, 2.05) is 11.9 Å². The molecule has 100 valence electrons. The zero-order chi connectivity index (χ0) is 13.7. The summed E-state index contributed by atoms with van der Waals surface area (Å²) in [5, 5.41) is 0. The normalized spacial score (nSPS) is 10.3. The van der Waals surface area contributed by atoms with Crippen molar-refractivity contribution in [2.24, 2.45) is 0 Å². The first-order valence-corrected chi connectivity index (χ1v) is 6.52. The van der Waals surface area contributed by atoms with Gasteiger partial charge in [-0.3, -0.25) is 0 Å². The van der Waals surface area contributed by atoms with Crippen LogP contribution in [0.1, 0.15) is 0 Å². The van der Waals surface area contributed by atoms with Gasteiger partial charge in [-0.1, -0.05) is 12.1 Å². The second-order valence-corrected chi connectivity index (χ2v) is 4.82. The molecule has 0 N–H and O–H groups in total. The van der Waals surface area contributed by atoms with Gasteiger partial charge in [-0.25, -0.2) is 14.4 Å². The van der Waals surface area contributed by atoms with E-state index in [1.165, 1.54) is 6.07 Å². The molecule has 0 atom stereocenters. The van der Waals surface area contributed by atoms with Gasteiger partial charge in [0, 0.05) is 19.4 Å². The topological polar surface area (TPSA) is 38.2 Å². The van der Waals surface area contributed by atoms with Crippen molar-refractivity contribution in [2.75, 3.05) is 25.1 Å². The predicted octanol–water partition coefficient (Wildman–Crippen LogP) is 2.89. The fraction of sp³-hybridized carbons (Fsp3) is 0.231. The number of benzene rings is 1. The summed E-state index contributed by atoms with van der Waals surface area (Å²) >= 11 is 3.28. The molecule has 0 aliphatic carbocycles. The van der Waals surface area contributed by atoms with Crippen molar-refractivity contribution in [3.63, 3.8) is 0 Å². The average Bonchev–Trinajstić information content (AvgIpc) is 2.41. The SMILES string of the molecule is CN(CCOc1ccccc1F)c1ncc(Br)cn1. The van der Waals surface area contributed by atoms with Crippen LogP contribution in [-0.4, -0.2) is 30.2 Å².